The van der Waals surface area contributed by atoms with Crippen molar-refractivity contribution in [3.8, 4) is 0 Å². The number of ketones is 1. The van der Waals surface area contributed by atoms with Crippen molar-refractivity contribution >= 4 is 17.0 Å². The Kier molecular flexibility index (Phi) is 18.7. The zero-order valence-corrected chi connectivity index (χ0v) is 38.4. The van der Waals surface area contributed by atoms with Crippen LogP contribution in [0.2, 0.25) is 0 Å². The van der Waals surface area contributed by atoms with Crippen LogP contribution >= 0.6 is 0 Å². The van der Waals surface area contributed by atoms with E-state index in [-0.39, 0.29) is 17.6 Å². The predicted molar refractivity (Wildman–Crippen MR) is 249 cm³/mol. The summed E-state index contributed by atoms with van der Waals surface area (Å²) in [5.41, 5.74) is 3.85. The van der Waals surface area contributed by atoms with Crippen LogP contribution in [0.25, 0.3) is 5.57 Å². The molecule has 1 aromatic rings. The van der Waals surface area contributed by atoms with Crippen LogP contribution in [0.15, 0.2) is 65.5 Å². The Morgan fingerprint density at radius 3 is 1.60 bits per heavy atom. The normalized spacial score (nSPS) is 20.7. The fourth-order valence-corrected chi connectivity index (χ4v) is 11.1. The van der Waals surface area contributed by atoms with Crippen LogP contribution in [0.4, 0.5) is 5.69 Å². The lowest BCUT2D eigenvalue weighted by Gasteiger charge is -2.39. The van der Waals surface area contributed by atoms with E-state index < -0.39 is 0 Å². The monoisotopic (exact) mass is 797 g/mol. The lowest BCUT2D eigenvalue weighted by molar-refractivity contribution is -0.111. The van der Waals surface area contributed by atoms with Crippen molar-refractivity contribution in [1.29, 1.82) is 0 Å². The lowest BCUT2D eigenvalue weighted by Crippen LogP contribution is -2.43. The highest BCUT2D eigenvalue weighted by atomic mass is 16.3. The van der Waals surface area contributed by atoms with Gasteiger partial charge in [0.2, 0.25) is 5.78 Å². The Hall–Kier alpha value is -2.67. The van der Waals surface area contributed by atoms with E-state index >= 15 is 0 Å². The third-order valence-electron chi connectivity index (χ3n) is 14.3. The van der Waals surface area contributed by atoms with Crippen LogP contribution in [0.3, 0.4) is 0 Å². The van der Waals surface area contributed by atoms with Crippen molar-refractivity contribution in [3.63, 3.8) is 0 Å². The first-order chi connectivity index (χ1) is 28.0. The van der Waals surface area contributed by atoms with E-state index in [2.05, 4.69) is 124 Å². The number of unbranched alkanes of at least 4 members (excludes halogenated alkanes) is 4. The summed E-state index contributed by atoms with van der Waals surface area (Å²) in [5, 5.41) is 11.4. The van der Waals surface area contributed by atoms with E-state index in [0.29, 0.717) is 47.4 Å². The average molecular weight is 797 g/mol. The zero-order valence-electron chi connectivity index (χ0n) is 38.4. The molecule has 0 saturated heterocycles. The van der Waals surface area contributed by atoms with Gasteiger partial charge in [-0.05, 0) is 136 Å². The molecule has 0 aliphatic heterocycles. The van der Waals surface area contributed by atoms with Gasteiger partial charge in [0.25, 0.3) is 0 Å². The molecule has 4 aliphatic carbocycles. The molecule has 0 spiro atoms. The summed E-state index contributed by atoms with van der Waals surface area (Å²) in [6.07, 6.45) is 31.8. The fraction of sp³-hybridized carbons (Fsp3) is 0.712. The first kappa shape index (κ1) is 46.4. The Morgan fingerprint density at radius 1 is 0.621 bits per heavy atom. The second kappa shape index (κ2) is 23.4. The second-order valence-corrected chi connectivity index (χ2v) is 18.9. The number of aliphatic hydroxyl groups is 1. The Bertz CT molecular complexity index is 1510. The Morgan fingerprint density at radius 2 is 1.12 bits per heavy atom. The molecule has 5 rings (SSSR count). The topological polar surface area (TPSA) is 50.3 Å². The number of nitrogens with zero attached hydrogens (tertiary/aromatic N) is 4. The van der Waals surface area contributed by atoms with Gasteiger partial charge in [0.15, 0.2) is 0 Å². The van der Waals surface area contributed by atoms with Crippen molar-refractivity contribution in [2.45, 2.75) is 213 Å². The molecule has 0 amide bonds. The van der Waals surface area contributed by atoms with Crippen molar-refractivity contribution in [3.05, 3.63) is 71.0 Å². The number of benzene rings is 1. The van der Waals surface area contributed by atoms with Gasteiger partial charge in [0.05, 0.1) is 11.1 Å². The predicted octanol–water partition coefficient (Wildman–Crippen LogP) is 12.5. The molecule has 2 fully saturated rings. The highest BCUT2D eigenvalue weighted by Gasteiger charge is 2.37. The summed E-state index contributed by atoms with van der Waals surface area (Å²) >= 11 is 0. The summed E-state index contributed by atoms with van der Waals surface area (Å²) in [6.45, 7) is 23.0. The van der Waals surface area contributed by atoms with E-state index in [4.69, 9.17) is 0 Å². The van der Waals surface area contributed by atoms with Gasteiger partial charge < -0.3 is 10.0 Å². The first-order valence-electron chi connectivity index (χ1n) is 24.3. The SMILES string of the molecule is CCN(C(C)C)C(C)CCCCCN(c1ccc(C2=C(O)C(=C3C=CC(N(CCCCCC(C)N(CC)C(C)C)C4CCCCC4)C=C3)C2=O)cc1)C1CCCCC1. The van der Waals surface area contributed by atoms with Gasteiger partial charge in [-0.3, -0.25) is 19.5 Å². The molecule has 4 aliphatic rings. The third-order valence-corrected chi connectivity index (χ3v) is 14.3. The van der Waals surface area contributed by atoms with E-state index in [1.165, 1.54) is 121 Å². The van der Waals surface area contributed by atoms with Crippen LogP contribution in [-0.2, 0) is 4.79 Å². The molecule has 1 N–H and O–H groups in total. The molecule has 1 aromatic carbocycles. The quantitative estimate of drug-likeness (QED) is 0.0879. The highest BCUT2D eigenvalue weighted by molar-refractivity contribution is 6.39. The molecule has 0 heterocycles. The standard InChI is InChI=1S/C52H84N4O2/c1-9-53(39(3)4)41(7)23-15-13-21-37-55(45-25-17-11-18-26-45)47-33-29-43(30-34-47)49-51(57)50(52(49)58)44-31-35-48(36-32-44)56(46-27-19-12-20-28-46)38-22-14-16-24-42(8)54(10-2)40(5)6/h29-36,39-42,45-47,57H,9-28,37-38H2,1-8H3. The number of carbonyl (C=O) groups is 1. The molecule has 2 atom stereocenters. The van der Waals surface area contributed by atoms with E-state index in [0.717, 1.165) is 37.3 Å². The summed E-state index contributed by atoms with van der Waals surface area (Å²) in [7, 11) is 0. The fourth-order valence-electron chi connectivity index (χ4n) is 11.1. The van der Waals surface area contributed by atoms with Gasteiger partial charge in [0.1, 0.15) is 5.76 Å². The smallest absolute Gasteiger partial charge is 0.201 e. The van der Waals surface area contributed by atoms with Gasteiger partial charge in [0, 0.05) is 54.5 Å². The van der Waals surface area contributed by atoms with Gasteiger partial charge in [-0.25, -0.2) is 0 Å². The molecule has 2 saturated carbocycles. The minimum atomic E-state index is -0.0389. The van der Waals surface area contributed by atoms with Crippen LogP contribution in [0, 0.1) is 0 Å². The first-order valence-corrected chi connectivity index (χ1v) is 24.3. The number of hydrogen-bond donors (Lipinski definition) is 1. The minimum Gasteiger partial charge on any atom is -0.506 e. The lowest BCUT2D eigenvalue weighted by atomic mass is 9.80. The van der Waals surface area contributed by atoms with Gasteiger partial charge >= 0.3 is 0 Å². The van der Waals surface area contributed by atoms with Crippen LogP contribution in [0.5, 0.6) is 0 Å². The van der Waals surface area contributed by atoms with Gasteiger partial charge in [-0.2, -0.15) is 0 Å². The maximum atomic E-state index is 13.7. The van der Waals surface area contributed by atoms with Gasteiger partial charge in [-0.1, -0.05) is 114 Å². The minimum absolute atomic E-state index is 0.0389. The van der Waals surface area contributed by atoms with Crippen LogP contribution < -0.4 is 4.90 Å². The maximum Gasteiger partial charge on any atom is 0.201 e. The van der Waals surface area contributed by atoms with Crippen molar-refractivity contribution < 1.29 is 9.90 Å². The second-order valence-electron chi connectivity index (χ2n) is 18.9. The van der Waals surface area contributed by atoms with Crippen molar-refractivity contribution in [2.24, 2.45) is 0 Å². The number of aliphatic hydroxyl groups excluding tert-OH is 1. The molecule has 0 radical (unpaired) electrons. The summed E-state index contributed by atoms with van der Waals surface area (Å²) in [4.78, 5) is 24.3. The highest BCUT2D eigenvalue weighted by Crippen LogP contribution is 2.40. The molecule has 0 aromatic heterocycles. The van der Waals surface area contributed by atoms with E-state index in [1.54, 1.807) is 0 Å². The number of rotatable bonds is 23. The van der Waals surface area contributed by atoms with Crippen LogP contribution in [0.1, 0.15) is 177 Å². The number of hydrogen-bond acceptors (Lipinski definition) is 6. The number of anilines is 1. The van der Waals surface area contributed by atoms with Crippen LogP contribution in [-0.4, -0.2) is 94.1 Å². The number of carbonyl (C=O) groups excluding carboxylic acids is 1. The third kappa shape index (κ3) is 12.2. The summed E-state index contributed by atoms with van der Waals surface area (Å²) in [6, 6.07) is 12.4. The number of allylic oxidation sites excluding steroid dienone is 5. The Labute approximate surface area is 355 Å². The molecular formula is C52H84N4O2. The molecule has 0 bridgehead atoms. The molecule has 58 heavy (non-hydrogen) atoms. The molecule has 2 unspecified atom stereocenters. The van der Waals surface area contributed by atoms with Crippen molar-refractivity contribution in [2.75, 3.05) is 31.1 Å². The largest absolute Gasteiger partial charge is 0.506 e. The maximum absolute atomic E-state index is 13.7. The molecule has 6 nitrogen and oxygen atoms in total. The van der Waals surface area contributed by atoms with E-state index in [9.17, 15) is 9.90 Å². The number of Topliss-reactive ketones (excluding diaryl/α,β-unsaturated/α-hetero) is 1. The molecular weight excluding hydrogens is 713 g/mol. The summed E-state index contributed by atoms with van der Waals surface area (Å²) in [5.74, 6) is 0.110. The van der Waals surface area contributed by atoms with Crippen molar-refractivity contribution in [1.82, 2.24) is 14.7 Å². The molecule has 6 heteroatoms. The van der Waals surface area contributed by atoms with Gasteiger partial charge in [-0.15, -0.1) is 0 Å². The molecule has 324 valence electrons. The zero-order chi connectivity index (χ0) is 41.6. The Balaban J connectivity index is 1.19. The summed E-state index contributed by atoms with van der Waals surface area (Å²) < 4.78 is 0. The van der Waals surface area contributed by atoms with E-state index in [1.807, 2.05) is 0 Å². The average Bonchev–Trinajstić information content (AvgIpc) is 3.22.